The molecule has 5 nitrogen and oxygen atoms in total. The molecule has 0 aromatic heterocycles. The zero-order valence-corrected chi connectivity index (χ0v) is 2.88. The van der Waals surface area contributed by atoms with Gasteiger partial charge in [0.15, 0.2) is 0 Å². The van der Waals surface area contributed by atoms with Crippen molar-refractivity contribution in [2.75, 3.05) is 0 Å². The molecule has 0 aromatic rings. The molecule has 0 bridgehead atoms. The topological polar surface area (TPSA) is 93.4 Å². The fourth-order valence-electron chi connectivity index (χ4n) is 0.0493. The number of nitrogens with zero attached hydrogens (tertiary/aromatic N) is 2. The van der Waals surface area contributed by atoms with Gasteiger partial charge in [0.05, 0.1) is 0 Å². The number of hydrogen-bond donors (Lipinski definition) is 2. The van der Waals surface area contributed by atoms with Crippen molar-refractivity contribution in [2.24, 2.45) is 10.8 Å². The van der Waals surface area contributed by atoms with Crippen LogP contribution in [0.1, 0.15) is 0 Å². The Hall–Kier alpha value is -1.22. The van der Waals surface area contributed by atoms with Crippen molar-refractivity contribution in [2.45, 2.75) is 0 Å². The second kappa shape index (κ2) is 2.04. The Labute approximate surface area is 33.4 Å². The number of primary amides is 1. The van der Waals surface area contributed by atoms with E-state index < -0.39 is 6.03 Å². The second-order valence-electron chi connectivity index (χ2n) is 0.538. The molecular formula is CH3N4O+. The van der Waals surface area contributed by atoms with Crippen molar-refractivity contribution >= 4 is 6.03 Å². The molecule has 32 valence electrons. The fourth-order valence-corrected chi connectivity index (χ4v) is 0.0493. The number of nitrogens with one attached hydrogen (secondary N) is 1. The molecule has 0 heterocycles. The van der Waals surface area contributed by atoms with Gasteiger partial charge in [0.2, 0.25) is 10.0 Å². The molecule has 0 saturated carbocycles. The standard InChI is InChI=1S/CH2N4O/c2-1(6)4-5-3/h3H,(H-,2,6)/p+1. The Morgan fingerprint density at radius 2 is 2.50 bits per heavy atom. The van der Waals surface area contributed by atoms with E-state index in [0.29, 0.717) is 0 Å². The second-order valence-corrected chi connectivity index (χ2v) is 0.538. The summed E-state index contributed by atoms with van der Waals surface area (Å²) >= 11 is 0. The quantitative estimate of drug-likeness (QED) is 0.305. The lowest BCUT2D eigenvalue weighted by Crippen LogP contribution is -2.02. The summed E-state index contributed by atoms with van der Waals surface area (Å²) in [7, 11) is 0. The van der Waals surface area contributed by atoms with Gasteiger partial charge in [0, 0.05) is 0 Å². The van der Waals surface area contributed by atoms with Gasteiger partial charge in [-0.2, -0.15) is 0 Å². The van der Waals surface area contributed by atoms with E-state index in [2.05, 4.69) is 15.8 Å². The molecule has 3 N–H and O–H groups in total. The van der Waals surface area contributed by atoms with E-state index in [-0.39, 0.29) is 0 Å². The molecule has 0 fully saturated rings. The largest absolute Gasteiger partial charge is 0.420 e. The number of nitrogens with two attached hydrogens (primary N) is 1. The molecule has 0 aliphatic carbocycles. The average Bonchev–Trinajstić information content (AvgIpc) is 1.35. The van der Waals surface area contributed by atoms with Gasteiger partial charge in [-0.1, -0.05) is 0 Å². The lowest BCUT2D eigenvalue weighted by Gasteiger charge is -1.53. The molecule has 0 radical (unpaired) electrons. The monoisotopic (exact) mass is 87.0 g/mol. The van der Waals surface area contributed by atoms with Crippen molar-refractivity contribution in [1.29, 1.82) is 5.53 Å². The van der Waals surface area contributed by atoms with Gasteiger partial charge in [0.25, 0.3) is 0 Å². The minimum absolute atomic E-state index is 0.940. The van der Waals surface area contributed by atoms with Crippen LogP contribution in [-0.2, 0) is 0 Å². The normalized spacial score (nSPS) is 6.00. The van der Waals surface area contributed by atoms with E-state index in [4.69, 9.17) is 5.53 Å². The summed E-state index contributed by atoms with van der Waals surface area (Å²) in [6.07, 6.45) is 0. The molecule has 6 heavy (non-hydrogen) atoms. The average molecular weight is 87.1 g/mol. The summed E-state index contributed by atoms with van der Waals surface area (Å²) in [6.45, 7) is 0. The molecule has 2 amide bonds. The van der Waals surface area contributed by atoms with Crippen LogP contribution in [0.4, 0.5) is 4.79 Å². The molecule has 0 rings (SSSR count). The van der Waals surface area contributed by atoms with Crippen LogP contribution in [0.2, 0.25) is 0 Å². The van der Waals surface area contributed by atoms with Crippen molar-refractivity contribution in [3.8, 4) is 0 Å². The van der Waals surface area contributed by atoms with Gasteiger partial charge >= 0.3 is 6.03 Å². The van der Waals surface area contributed by atoms with E-state index in [0.717, 1.165) is 0 Å². The molecular weight excluding hydrogens is 84.0 g/mol. The van der Waals surface area contributed by atoms with Gasteiger partial charge in [-0.25, -0.2) is 4.79 Å². The van der Waals surface area contributed by atoms with Crippen LogP contribution in [0, 0.1) is 5.53 Å². The van der Waals surface area contributed by atoms with E-state index in [1.54, 1.807) is 0 Å². The predicted octanol–water partition coefficient (Wildman–Crippen LogP) is -0.385. The van der Waals surface area contributed by atoms with Crippen LogP contribution in [0.25, 0.3) is 0 Å². The molecule has 0 saturated heterocycles. The smallest absolute Gasteiger partial charge is 0.344 e. The lowest BCUT2D eigenvalue weighted by atomic mass is 11.2. The first-order valence-electron chi connectivity index (χ1n) is 1.14. The van der Waals surface area contributed by atoms with Crippen molar-refractivity contribution in [3.05, 3.63) is 0 Å². The van der Waals surface area contributed by atoms with Crippen molar-refractivity contribution in [3.63, 3.8) is 0 Å². The minimum atomic E-state index is -0.940. The van der Waals surface area contributed by atoms with Crippen LogP contribution in [0.3, 0.4) is 0 Å². The maximum atomic E-state index is 9.44. The van der Waals surface area contributed by atoms with E-state index in [1.807, 2.05) is 0 Å². The van der Waals surface area contributed by atoms with Crippen LogP contribution in [0.15, 0.2) is 5.11 Å². The van der Waals surface area contributed by atoms with Gasteiger partial charge in [0.1, 0.15) is 5.53 Å². The Balaban J connectivity index is 3.60. The zero-order valence-electron chi connectivity index (χ0n) is 2.88. The van der Waals surface area contributed by atoms with Crippen LogP contribution in [-0.4, -0.2) is 6.03 Å². The number of urea groups is 1. The summed E-state index contributed by atoms with van der Waals surface area (Å²) in [5.41, 5.74) is 10.3. The number of hydrogen-bond acceptors (Lipinski definition) is 2. The Morgan fingerprint density at radius 3 is 2.50 bits per heavy atom. The first kappa shape index (κ1) is 4.78. The summed E-state index contributed by atoms with van der Waals surface area (Å²) in [5, 5.41) is 2.56. The third kappa shape index (κ3) is 2.78. The van der Waals surface area contributed by atoms with Crippen molar-refractivity contribution in [1.82, 2.24) is 4.91 Å². The summed E-state index contributed by atoms with van der Waals surface area (Å²) in [5.74, 6) is 0. The van der Waals surface area contributed by atoms with Crippen LogP contribution in [0.5, 0.6) is 0 Å². The summed E-state index contributed by atoms with van der Waals surface area (Å²) in [6, 6.07) is -0.940. The van der Waals surface area contributed by atoms with E-state index >= 15 is 0 Å². The molecule has 0 atom stereocenters. The number of carbonyl (C=O) groups is 1. The number of amides is 2. The number of carbonyl (C=O) groups excluding carboxylic acids is 1. The Bertz CT molecular complexity index is 100. The highest BCUT2D eigenvalue weighted by Crippen LogP contribution is 1.54. The molecule has 0 unspecified atom stereocenters. The zero-order chi connectivity index (χ0) is 4.99. The maximum absolute atomic E-state index is 9.44. The first-order valence-corrected chi connectivity index (χ1v) is 1.14. The summed E-state index contributed by atoms with van der Waals surface area (Å²) in [4.78, 5) is 11.8. The molecule has 0 aliphatic heterocycles. The first-order chi connectivity index (χ1) is 2.77. The minimum Gasteiger partial charge on any atom is -0.344 e. The fraction of sp³-hybridized carbons (Fsp3) is 0. The Kier molecular flexibility index (Phi) is 1.63. The molecule has 5 heteroatoms. The molecule has 0 aromatic carbocycles. The Morgan fingerprint density at radius 1 is 2.00 bits per heavy atom. The number of rotatable bonds is 0. The van der Waals surface area contributed by atoms with Gasteiger partial charge in [-0.3, -0.25) is 0 Å². The van der Waals surface area contributed by atoms with Crippen molar-refractivity contribution < 1.29 is 4.79 Å². The maximum Gasteiger partial charge on any atom is 0.420 e. The lowest BCUT2D eigenvalue weighted by molar-refractivity contribution is 0.255. The highest BCUT2D eigenvalue weighted by molar-refractivity contribution is 5.71. The van der Waals surface area contributed by atoms with Crippen LogP contribution < -0.4 is 10.6 Å². The highest BCUT2D eigenvalue weighted by atomic mass is 16.2. The predicted molar refractivity (Wildman–Crippen MR) is 16.9 cm³/mol. The third-order valence-corrected chi connectivity index (χ3v) is 0.149. The summed E-state index contributed by atoms with van der Waals surface area (Å²) < 4.78 is 0. The van der Waals surface area contributed by atoms with Gasteiger partial charge < -0.3 is 5.73 Å². The molecule has 0 spiro atoms. The highest BCUT2D eigenvalue weighted by Gasteiger charge is 1.88. The molecule has 0 aliphatic rings. The van der Waals surface area contributed by atoms with Crippen LogP contribution >= 0.6 is 0 Å². The van der Waals surface area contributed by atoms with E-state index in [9.17, 15) is 4.79 Å². The third-order valence-electron chi connectivity index (χ3n) is 0.149. The van der Waals surface area contributed by atoms with Gasteiger partial charge in [-0.05, 0) is 0 Å². The van der Waals surface area contributed by atoms with Gasteiger partial charge in [-0.15, -0.1) is 0 Å². The van der Waals surface area contributed by atoms with E-state index in [1.165, 1.54) is 0 Å². The SMILES string of the molecule is N=[N+]=NC(N)=O.